The van der Waals surface area contributed by atoms with Crippen LogP contribution in [-0.4, -0.2) is 23.7 Å². The highest BCUT2D eigenvalue weighted by atomic mass is 16.3. The van der Waals surface area contributed by atoms with E-state index in [2.05, 4.69) is 5.32 Å². The summed E-state index contributed by atoms with van der Waals surface area (Å²) in [5.41, 5.74) is -0.101. The van der Waals surface area contributed by atoms with Crippen molar-refractivity contribution in [1.82, 2.24) is 5.32 Å². The number of aliphatic hydroxyl groups is 1. The SMILES string of the molecule is CC(C)(C)C(O)CCNC(=O)CC1CCCC1. The van der Waals surface area contributed by atoms with Gasteiger partial charge in [0.05, 0.1) is 6.10 Å². The Kier molecular flexibility index (Phi) is 5.44. The highest BCUT2D eigenvalue weighted by molar-refractivity contribution is 5.76. The smallest absolute Gasteiger partial charge is 0.220 e. The van der Waals surface area contributed by atoms with Crippen LogP contribution in [0.5, 0.6) is 0 Å². The van der Waals surface area contributed by atoms with Crippen LogP contribution >= 0.6 is 0 Å². The fraction of sp³-hybridized carbons (Fsp3) is 0.929. The van der Waals surface area contributed by atoms with E-state index in [-0.39, 0.29) is 17.4 Å². The zero-order chi connectivity index (χ0) is 12.9. The third-order valence-electron chi connectivity index (χ3n) is 3.69. The molecule has 1 saturated carbocycles. The highest BCUT2D eigenvalue weighted by Crippen LogP contribution is 2.27. The zero-order valence-electron chi connectivity index (χ0n) is 11.5. The molecule has 0 aromatic rings. The number of amides is 1. The molecule has 0 bridgehead atoms. The second-order valence-electron chi connectivity index (χ2n) is 6.38. The molecular formula is C14H27NO2. The fourth-order valence-corrected chi connectivity index (χ4v) is 2.33. The van der Waals surface area contributed by atoms with E-state index in [1.165, 1.54) is 25.7 Å². The van der Waals surface area contributed by atoms with E-state index in [9.17, 15) is 9.90 Å². The van der Waals surface area contributed by atoms with Gasteiger partial charge in [-0.3, -0.25) is 4.79 Å². The standard InChI is InChI=1S/C14H27NO2/c1-14(2,3)12(16)8-9-15-13(17)10-11-6-4-5-7-11/h11-12,16H,4-10H2,1-3H3,(H,15,17). The lowest BCUT2D eigenvalue weighted by molar-refractivity contribution is -0.122. The molecule has 3 nitrogen and oxygen atoms in total. The van der Waals surface area contributed by atoms with Gasteiger partial charge in [0, 0.05) is 13.0 Å². The summed E-state index contributed by atoms with van der Waals surface area (Å²) in [4.78, 5) is 11.6. The van der Waals surface area contributed by atoms with Crippen LogP contribution in [0.25, 0.3) is 0 Å². The van der Waals surface area contributed by atoms with Crippen molar-refractivity contribution in [2.24, 2.45) is 11.3 Å². The maximum absolute atomic E-state index is 11.6. The lowest BCUT2D eigenvalue weighted by atomic mass is 9.87. The molecule has 0 radical (unpaired) electrons. The molecule has 1 fully saturated rings. The van der Waals surface area contributed by atoms with Gasteiger partial charge in [0.15, 0.2) is 0 Å². The van der Waals surface area contributed by atoms with Gasteiger partial charge in [-0.05, 0) is 30.6 Å². The number of carbonyl (C=O) groups excluding carboxylic acids is 1. The summed E-state index contributed by atoms with van der Waals surface area (Å²) in [6, 6.07) is 0. The molecule has 0 saturated heterocycles. The third kappa shape index (κ3) is 5.53. The Morgan fingerprint density at radius 2 is 1.94 bits per heavy atom. The van der Waals surface area contributed by atoms with E-state index >= 15 is 0 Å². The van der Waals surface area contributed by atoms with Gasteiger partial charge in [-0.2, -0.15) is 0 Å². The van der Waals surface area contributed by atoms with E-state index in [0.29, 0.717) is 25.3 Å². The summed E-state index contributed by atoms with van der Waals surface area (Å²) < 4.78 is 0. The number of nitrogens with one attached hydrogen (secondary N) is 1. The van der Waals surface area contributed by atoms with Crippen molar-refractivity contribution in [2.45, 2.75) is 65.4 Å². The monoisotopic (exact) mass is 241 g/mol. The number of aliphatic hydroxyl groups excluding tert-OH is 1. The minimum absolute atomic E-state index is 0.101. The molecule has 2 N–H and O–H groups in total. The summed E-state index contributed by atoms with van der Waals surface area (Å²) in [5, 5.41) is 12.7. The van der Waals surface area contributed by atoms with E-state index in [1.807, 2.05) is 20.8 Å². The van der Waals surface area contributed by atoms with Crippen LogP contribution < -0.4 is 5.32 Å². The van der Waals surface area contributed by atoms with Crippen molar-refractivity contribution in [1.29, 1.82) is 0 Å². The number of hydrogen-bond donors (Lipinski definition) is 2. The zero-order valence-corrected chi connectivity index (χ0v) is 11.5. The first kappa shape index (κ1) is 14.5. The topological polar surface area (TPSA) is 49.3 Å². The van der Waals surface area contributed by atoms with Crippen molar-refractivity contribution in [3.63, 3.8) is 0 Å². The predicted octanol–water partition coefficient (Wildman–Crippen LogP) is 2.48. The molecule has 0 aliphatic heterocycles. The molecule has 1 rings (SSSR count). The summed E-state index contributed by atoms with van der Waals surface area (Å²) >= 11 is 0. The maximum Gasteiger partial charge on any atom is 0.220 e. The van der Waals surface area contributed by atoms with Crippen molar-refractivity contribution < 1.29 is 9.90 Å². The van der Waals surface area contributed by atoms with Gasteiger partial charge < -0.3 is 10.4 Å². The van der Waals surface area contributed by atoms with Crippen LogP contribution in [0.3, 0.4) is 0 Å². The first-order valence-corrected chi connectivity index (χ1v) is 6.84. The van der Waals surface area contributed by atoms with Crippen molar-refractivity contribution in [2.75, 3.05) is 6.54 Å². The third-order valence-corrected chi connectivity index (χ3v) is 3.69. The summed E-state index contributed by atoms with van der Waals surface area (Å²) in [5.74, 6) is 0.751. The minimum atomic E-state index is -0.353. The Bertz CT molecular complexity index is 239. The minimum Gasteiger partial charge on any atom is -0.393 e. The van der Waals surface area contributed by atoms with Crippen LogP contribution in [0.15, 0.2) is 0 Å². The Labute approximate surface area is 105 Å². The molecular weight excluding hydrogens is 214 g/mol. The van der Waals surface area contributed by atoms with Crippen molar-refractivity contribution in [3.05, 3.63) is 0 Å². The second-order valence-corrected chi connectivity index (χ2v) is 6.38. The molecule has 100 valence electrons. The first-order valence-electron chi connectivity index (χ1n) is 6.84. The van der Waals surface area contributed by atoms with Gasteiger partial charge in [-0.25, -0.2) is 0 Å². The van der Waals surface area contributed by atoms with E-state index in [4.69, 9.17) is 0 Å². The van der Waals surface area contributed by atoms with Crippen LogP contribution in [0.2, 0.25) is 0 Å². The quantitative estimate of drug-likeness (QED) is 0.777. The lowest BCUT2D eigenvalue weighted by Gasteiger charge is -2.25. The molecule has 1 aliphatic carbocycles. The molecule has 17 heavy (non-hydrogen) atoms. The molecule has 1 atom stereocenters. The Hall–Kier alpha value is -0.570. The van der Waals surface area contributed by atoms with E-state index in [0.717, 1.165) is 0 Å². The molecule has 0 spiro atoms. The van der Waals surface area contributed by atoms with Gasteiger partial charge in [0.1, 0.15) is 0 Å². The van der Waals surface area contributed by atoms with Gasteiger partial charge in [-0.15, -0.1) is 0 Å². The van der Waals surface area contributed by atoms with Crippen molar-refractivity contribution >= 4 is 5.91 Å². The molecule has 0 aromatic carbocycles. The van der Waals surface area contributed by atoms with Crippen LogP contribution in [0.1, 0.15) is 59.3 Å². The van der Waals surface area contributed by atoms with Gasteiger partial charge >= 0.3 is 0 Å². The number of carbonyl (C=O) groups is 1. The average Bonchev–Trinajstić information content (AvgIpc) is 2.68. The van der Waals surface area contributed by atoms with Gasteiger partial charge in [0.2, 0.25) is 5.91 Å². The maximum atomic E-state index is 11.6. The first-order chi connectivity index (χ1) is 7.89. The summed E-state index contributed by atoms with van der Waals surface area (Å²) in [6.07, 6.45) is 5.93. The molecule has 1 amide bonds. The second kappa shape index (κ2) is 6.39. The Morgan fingerprint density at radius 1 is 1.35 bits per heavy atom. The van der Waals surface area contributed by atoms with E-state index in [1.54, 1.807) is 0 Å². The normalized spacial score (nSPS) is 19.3. The number of rotatable bonds is 5. The summed E-state index contributed by atoms with van der Waals surface area (Å²) in [7, 11) is 0. The largest absolute Gasteiger partial charge is 0.393 e. The molecule has 0 aromatic heterocycles. The molecule has 0 heterocycles. The Balaban J connectivity index is 2.11. The summed E-state index contributed by atoms with van der Waals surface area (Å²) in [6.45, 7) is 6.62. The highest BCUT2D eigenvalue weighted by Gasteiger charge is 2.22. The fourth-order valence-electron chi connectivity index (χ4n) is 2.33. The van der Waals surface area contributed by atoms with Crippen LogP contribution in [-0.2, 0) is 4.79 Å². The molecule has 3 heteroatoms. The van der Waals surface area contributed by atoms with Crippen molar-refractivity contribution in [3.8, 4) is 0 Å². The van der Waals surface area contributed by atoms with E-state index < -0.39 is 0 Å². The average molecular weight is 241 g/mol. The van der Waals surface area contributed by atoms with Gasteiger partial charge in [0.25, 0.3) is 0 Å². The molecule has 1 unspecified atom stereocenters. The lowest BCUT2D eigenvalue weighted by Crippen LogP contribution is -2.33. The van der Waals surface area contributed by atoms with Crippen LogP contribution in [0, 0.1) is 11.3 Å². The Morgan fingerprint density at radius 3 is 2.47 bits per heavy atom. The number of hydrogen-bond acceptors (Lipinski definition) is 2. The molecule has 1 aliphatic rings. The van der Waals surface area contributed by atoms with Crippen LogP contribution in [0.4, 0.5) is 0 Å². The van der Waals surface area contributed by atoms with Gasteiger partial charge in [-0.1, -0.05) is 33.6 Å². The predicted molar refractivity (Wildman–Crippen MR) is 69.7 cm³/mol.